The molecule has 23 heavy (non-hydrogen) atoms. The first kappa shape index (κ1) is 17.3. The molecular weight excluding hydrogens is 314 g/mol. The summed E-state index contributed by atoms with van der Waals surface area (Å²) in [5, 5.41) is 13.5. The van der Waals surface area contributed by atoms with E-state index in [1.165, 1.54) is 0 Å². The Morgan fingerprint density at radius 3 is 2.48 bits per heavy atom. The molecule has 0 spiro atoms. The van der Waals surface area contributed by atoms with Crippen molar-refractivity contribution in [3.63, 3.8) is 0 Å². The van der Waals surface area contributed by atoms with E-state index in [2.05, 4.69) is 5.32 Å². The topological polar surface area (TPSA) is 58.6 Å². The quantitative estimate of drug-likeness (QED) is 0.833. The third-order valence-corrected chi connectivity index (χ3v) is 3.41. The second-order valence-corrected chi connectivity index (χ2v) is 5.92. The van der Waals surface area contributed by atoms with E-state index in [1.807, 2.05) is 26.0 Å². The minimum absolute atomic E-state index is 0.00714. The van der Waals surface area contributed by atoms with Crippen LogP contribution in [0.15, 0.2) is 48.5 Å². The Balaban J connectivity index is 2.01. The Morgan fingerprint density at radius 2 is 1.83 bits per heavy atom. The largest absolute Gasteiger partial charge is 0.489 e. The van der Waals surface area contributed by atoms with Crippen molar-refractivity contribution in [2.75, 3.05) is 5.32 Å². The van der Waals surface area contributed by atoms with Gasteiger partial charge >= 0.3 is 0 Å². The second-order valence-electron chi connectivity index (χ2n) is 5.48. The highest BCUT2D eigenvalue weighted by Gasteiger charge is 2.15. The van der Waals surface area contributed by atoms with E-state index in [-0.39, 0.29) is 18.4 Å². The van der Waals surface area contributed by atoms with Crippen LogP contribution in [0.4, 0.5) is 5.69 Å². The fourth-order valence-corrected chi connectivity index (χ4v) is 2.23. The highest BCUT2D eigenvalue weighted by molar-refractivity contribution is 6.30. The standard InChI is InChI=1S/C18H20ClNO3/c1-12(2)23-17-6-4-3-5-15(17)20-18(22)11-16(21)13-7-9-14(19)10-8-13/h3-10,12,16,21H,11H2,1-2H3,(H,20,22). The number of rotatable bonds is 6. The number of ether oxygens (including phenoxy) is 1. The summed E-state index contributed by atoms with van der Waals surface area (Å²) in [6.45, 7) is 3.84. The van der Waals surface area contributed by atoms with E-state index in [0.717, 1.165) is 0 Å². The van der Waals surface area contributed by atoms with Crippen LogP contribution in [0.3, 0.4) is 0 Å². The molecule has 0 saturated carbocycles. The number of amides is 1. The van der Waals surface area contributed by atoms with Gasteiger partial charge in [-0.2, -0.15) is 0 Å². The van der Waals surface area contributed by atoms with Crippen LogP contribution in [0.5, 0.6) is 5.75 Å². The zero-order valence-electron chi connectivity index (χ0n) is 13.1. The summed E-state index contributed by atoms with van der Waals surface area (Å²) in [5.74, 6) is 0.323. The highest BCUT2D eigenvalue weighted by Crippen LogP contribution is 2.26. The number of hydrogen-bond donors (Lipinski definition) is 2. The average molecular weight is 334 g/mol. The minimum Gasteiger partial charge on any atom is -0.489 e. The number of aliphatic hydroxyl groups excluding tert-OH is 1. The molecule has 1 atom stereocenters. The summed E-state index contributed by atoms with van der Waals surface area (Å²) >= 11 is 5.81. The van der Waals surface area contributed by atoms with Gasteiger partial charge in [-0.1, -0.05) is 35.9 Å². The lowest BCUT2D eigenvalue weighted by molar-refractivity contribution is -0.118. The maximum Gasteiger partial charge on any atom is 0.227 e. The lowest BCUT2D eigenvalue weighted by Crippen LogP contribution is -2.17. The summed E-state index contributed by atoms with van der Waals surface area (Å²) in [6, 6.07) is 14.0. The van der Waals surface area contributed by atoms with Crippen LogP contribution in [-0.4, -0.2) is 17.1 Å². The third-order valence-electron chi connectivity index (χ3n) is 3.16. The van der Waals surface area contributed by atoms with Crippen LogP contribution >= 0.6 is 11.6 Å². The third kappa shape index (κ3) is 5.27. The molecule has 122 valence electrons. The van der Waals surface area contributed by atoms with Crippen LogP contribution in [0, 0.1) is 0 Å². The van der Waals surface area contributed by atoms with Gasteiger partial charge in [0, 0.05) is 5.02 Å². The maximum atomic E-state index is 12.1. The summed E-state index contributed by atoms with van der Waals surface area (Å²) in [7, 11) is 0. The lowest BCUT2D eigenvalue weighted by Gasteiger charge is -2.16. The molecule has 1 amide bonds. The number of para-hydroxylation sites is 2. The number of anilines is 1. The molecule has 0 radical (unpaired) electrons. The molecule has 0 aliphatic rings. The fourth-order valence-electron chi connectivity index (χ4n) is 2.11. The molecule has 0 bridgehead atoms. The number of carbonyl (C=O) groups excluding carboxylic acids is 1. The predicted octanol–water partition coefficient (Wildman–Crippen LogP) is 4.19. The van der Waals surface area contributed by atoms with Crippen molar-refractivity contribution in [2.45, 2.75) is 32.5 Å². The molecule has 0 fully saturated rings. The molecule has 2 N–H and O–H groups in total. The number of hydrogen-bond acceptors (Lipinski definition) is 3. The predicted molar refractivity (Wildman–Crippen MR) is 91.9 cm³/mol. The SMILES string of the molecule is CC(C)Oc1ccccc1NC(=O)CC(O)c1ccc(Cl)cc1. The van der Waals surface area contributed by atoms with Gasteiger partial charge in [-0.15, -0.1) is 0 Å². The average Bonchev–Trinajstić information content (AvgIpc) is 2.49. The number of halogens is 1. The molecule has 2 aromatic carbocycles. The summed E-state index contributed by atoms with van der Waals surface area (Å²) in [6.07, 6.45) is -0.921. The number of nitrogens with one attached hydrogen (secondary N) is 1. The Kier molecular flexibility index (Phi) is 6.02. The number of carbonyl (C=O) groups is 1. The molecule has 1 unspecified atom stereocenters. The van der Waals surface area contributed by atoms with E-state index in [9.17, 15) is 9.90 Å². The van der Waals surface area contributed by atoms with E-state index < -0.39 is 6.10 Å². The van der Waals surface area contributed by atoms with E-state index >= 15 is 0 Å². The van der Waals surface area contributed by atoms with Gasteiger partial charge in [0.05, 0.1) is 24.3 Å². The van der Waals surface area contributed by atoms with E-state index in [4.69, 9.17) is 16.3 Å². The van der Waals surface area contributed by atoms with Gasteiger partial charge in [0.1, 0.15) is 5.75 Å². The van der Waals surface area contributed by atoms with Gasteiger partial charge in [0.2, 0.25) is 5.91 Å². The normalized spacial score (nSPS) is 12.0. The van der Waals surface area contributed by atoms with Crippen LogP contribution in [-0.2, 0) is 4.79 Å². The van der Waals surface area contributed by atoms with Gasteiger partial charge in [-0.25, -0.2) is 0 Å². The lowest BCUT2D eigenvalue weighted by atomic mass is 10.1. The van der Waals surface area contributed by atoms with Crippen LogP contribution in [0.25, 0.3) is 0 Å². The molecule has 0 aliphatic carbocycles. The molecule has 0 aromatic heterocycles. The molecule has 0 heterocycles. The highest BCUT2D eigenvalue weighted by atomic mass is 35.5. The number of aliphatic hydroxyl groups is 1. The monoisotopic (exact) mass is 333 g/mol. The maximum absolute atomic E-state index is 12.1. The summed E-state index contributed by atoms with van der Waals surface area (Å²) < 4.78 is 5.66. The first-order valence-corrected chi connectivity index (χ1v) is 7.82. The molecule has 5 heteroatoms. The van der Waals surface area contributed by atoms with Crippen molar-refractivity contribution in [3.05, 3.63) is 59.1 Å². The Bertz CT molecular complexity index is 656. The molecule has 0 saturated heterocycles. The smallest absolute Gasteiger partial charge is 0.227 e. The molecule has 0 aliphatic heterocycles. The second kappa shape index (κ2) is 7.99. The summed E-state index contributed by atoms with van der Waals surface area (Å²) in [4.78, 5) is 12.1. The van der Waals surface area contributed by atoms with Crippen LogP contribution in [0.1, 0.15) is 31.9 Å². The van der Waals surface area contributed by atoms with Gasteiger partial charge < -0.3 is 15.2 Å². The minimum atomic E-state index is -0.884. The zero-order valence-corrected chi connectivity index (χ0v) is 13.9. The van der Waals surface area contributed by atoms with Gasteiger partial charge in [0.25, 0.3) is 0 Å². The van der Waals surface area contributed by atoms with Crippen LogP contribution < -0.4 is 10.1 Å². The van der Waals surface area contributed by atoms with E-state index in [0.29, 0.717) is 22.0 Å². The summed E-state index contributed by atoms with van der Waals surface area (Å²) in [5.41, 5.74) is 1.24. The molecule has 2 rings (SSSR count). The van der Waals surface area contributed by atoms with Gasteiger partial charge in [-0.3, -0.25) is 4.79 Å². The van der Waals surface area contributed by atoms with Crippen molar-refractivity contribution >= 4 is 23.2 Å². The zero-order chi connectivity index (χ0) is 16.8. The van der Waals surface area contributed by atoms with Crippen molar-refractivity contribution in [2.24, 2.45) is 0 Å². The molecule has 4 nitrogen and oxygen atoms in total. The van der Waals surface area contributed by atoms with Crippen LogP contribution in [0.2, 0.25) is 5.02 Å². The van der Waals surface area contributed by atoms with Crippen molar-refractivity contribution in [1.82, 2.24) is 0 Å². The Labute approximate surface area is 141 Å². The molecular formula is C18H20ClNO3. The van der Waals surface area contributed by atoms with Gasteiger partial charge in [-0.05, 0) is 43.7 Å². The van der Waals surface area contributed by atoms with E-state index in [1.54, 1.807) is 36.4 Å². The fraction of sp³-hybridized carbons (Fsp3) is 0.278. The van der Waals surface area contributed by atoms with Crippen molar-refractivity contribution < 1.29 is 14.6 Å². The first-order chi connectivity index (χ1) is 11.0. The Morgan fingerprint density at radius 1 is 1.17 bits per heavy atom. The number of benzene rings is 2. The first-order valence-electron chi connectivity index (χ1n) is 7.45. The van der Waals surface area contributed by atoms with Crippen molar-refractivity contribution in [1.29, 1.82) is 0 Å². The van der Waals surface area contributed by atoms with Gasteiger partial charge in [0.15, 0.2) is 0 Å². The van der Waals surface area contributed by atoms with Crippen molar-refractivity contribution in [3.8, 4) is 5.75 Å². The molecule has 2 aromatic rings. The Hall–Kier alpha value is -2.04.